The first-order chi connectivity index (χ1) is 21.4. The molecule has 11 heteroatoms. The van der Waals surface area contributed by atoms with Crippen LogP contribution < -0.4 is 16.0 Å². The zero-order chi connectivity index (χ0) is 30.9. The molecule has 4 aromatic carbocycles. The third kappa shape index (κ3) is 8.28. The van der Waals surface area contributed by atoms with Crippen molar-refractivity contribution < 1.29 is 18.8 Å². The SMILES string of the molecule is O=C(Nc1ccc(S[C@H](C(=O)Nc2nccs2)c2ccccc2)cc1)/C(=C\c1ccc(Br)cc1)NC(=O)c1ccccc1F. The second kappa shape index (κ2) is 14.7. The number of benzene rings is 4. The Morgan fingerprint density at radius 3 is 2.25 bits per heavy atom. The number of amides is 3. The minimum Gasteiger partial charge on any atom is -0.321 e. The molecule has 0 aliphatic rings. The Labute approximate surface area is 269 Å². The lowest BCUT2D eigenvalue weighted by molar-refractivity contribution is -0.116. The van der Waals surface area contributed by atoms with Crippen LogP contribution in [0, 0.1) is 5.82 Å². The fourth-order valence-corrected chi connectivity index (χ4v) is 5.85. The van der Waals surface area contributed by atoms with E-state index < -0.39 is 22.9 Å². The summed E-state index contributed by atoms with van der Waals surface area (Å²) in [5.41, 5.74) is 1.70. The summed E-state index contributed by atoms with van der Waals surface area (Å²) in [5, 5.41) is 9.97. The molecule has 5 aromatic rings. The van der Waals surface area contributed by atoms with Gasteiger partial charge in [-0.15, -0.1) is 23.1 Å². The Morgan fingerprint density at radius 2 is 1.57 bits per heavy atom. The monoisotopic (exact) mass is 686 g/mol. The van der Waals surface area contributed by atoms with E-state index in [1.807, 2.05) is 30.3 Å². The number of thiazole rings is 1. The van der Waals surface area contributed by atoms with Gasteiger partial charge in [-0.05, 0) is 65.7 Å². The maximum absolute atomic E-state index is 14.3. The van der Waals surface area contributed by atoms with Crippen LogP contribution in [0.25, 0.3) is 6.08 Å². The maximum atomic E-state index is 14.3. The number of hydrogen-bond donors (Lipinski definition) is 3. The zero-order valence-electron chi connectivity index (χ0n) is 22.9. The van der Waals surface area contributed by atoms with Gasteiger partial charge in [-0.3, -0.25) is 14.4 Å². The summed E-state index contributed by atoms with van der Waals surface area (Å²) in [4.78, 5) is 44.4. The van der Waals surface area contributed by atoms with Crippen LogP contribution >= 0.6 is 39.0 Å². The maximum Gasteiger partial charge on any atom is 0.272 e. The number of hydrogen-bond acceptors (Lipinski definition) is 6. The topological polar surface area (TPSA) is 100 Å². The second-order valence-electron chi connectivity index (χ2n) is 9.26. The highest BCUT2D eigenvalue weighted by atomic mass is 79.9. The average Bonchev–Trinajstić information content (AvgIpc) is 3.55. The summed E-state index contributed by atoms with van der Waals surface area (Å²) < 4.78 is 15.1. The van der Waals surface area contributed by atoms with Gasteiger partial charge in [-0.1, -0.05) is 70.5 Å². The first-order valence-electron chi connectivity index (χ1n) is 13.2. The van der Waals surface area contributed by atoms with Gasteiger partial charge in [0.2, 0.25) is 5.91 Å². The summed E-state index contributed by atoms with van der Waals surface area (Å²) in [5.74, 6) is -2.25. The normalized spacial score (nSPS) is 11.8. The summed E-state index contributed by atoms with van der Waals surface area (Å²) in [7, 11) is 0. The Hall–Kier alpha value is -4.58. The lowest BCUT2D eigenvalue weighted by Crippen LogP contribution is -2.31. The smallest absolute Gasteiger partial charge is 0.272 e. The highest BCUT2D eigenvalue weighted by Crippen LogP contribution is 2.37. The number of anilines is 2. The molecule has 1 atom stereocenters. The van der Waals surface area contributed by atoms with Crippen molar-refractivity contribution in [2.75, 3.05) is 10.6 Å². The number of nitrogens with one attached hydrogen (secondary N) is 3. The third-order valence-corrected chi connectivity index (χ3v) is 8.64. The van der Waals surface area contributed by atoms with Gasteiger partial charge in [0.25, 0.3) is 11.8 Å². The second-order valence-corrected chi connectivity index (χ2v) is 12.2. The summed E-state index contributed by atoms with van der Waals surface area (Å²) in [6, 6.07) is 29.1. The molecule has 44 heavy (non-hydrogen) atoms. The Morgan fingerprint density at radius 1 is 0.864 bits per heavy atom. The Balaban J connectivity index is 1.33. The van der Waals surface area contributed by atoms with E-state index in [1.54, 1.807) is 66.2 Å². The molecule has 0 saturated heterocycles. The Bertz CT molecular complexity index is 1780. The first kappa shape index (κ1) is 30.9. The average molecular weight is 688 g/mol. The van der Waals surface area contributed by atoms with Crippen molar-refractivity contribution in [1.82, 2.24) is 10.3 Å². The van der Waals surface area contributed by atoms with Crippen LogP contribution in [0.2, 0.25) is 0 Å². The molecule has 0 saturated carbocycles. The van der Waals surface area contributed by atoms with E-state index in [2.05, 4.69) is 36.9 Å². The van der Waals surface area contributed by atoms with Crippen LogP contribution in [0.1, 0.15) is 26.7 Å². The highest BCUT2D eigenvalue weighted by molar-refractivity contribution is 9.10. The van der Waals surface area contributed by atoms with Crippen LogP contribution in [0.5, 0.6) is 0 Å². The lowest BCUT2D eigenvalue weighted by atomic mass is 10.1. The van der Waals surface area contributed by atoms with Gasteiger partial charge in [-0.2, -0.15) is 0 Å². The Kier molecular flexibility index (Phi) is 10.3. The molecular weight excluding hydrogens is 663 g/mol. The van der Waals surface area contributed by atoms with Crippen molar-refractivity contribution in [3.8, 4) is 0 Å². The molecule has 0 aliphatic carbocycles. The van der Waals surface area contributed by atoms with Crippen LogP contribution in [0.4, 0.5) is 15.2 Å². The van der Waals surface area contributed by atoms with Crippen LogP contribution in [0.15, 0.2) is 130 Å². The molecule has 0 radical (unpaired) electrons. The molecule has 0 spiro atoms. The number of rotatable bonds is 10. The van der Waals surface area contributed by atoms with E-state index in [-0.39, 0.29) is 17.2 Å². The molecule has 1 aromatic heterocycles. The molecular formula is C33H24BrFN4O3S2. The van der Waals surface area contributed by atoms with Crippen molar-refractivity contribution in [1.29, 1.82) is 0 Å². The predicted molar refractivity (Wildman–Crippen MR) is 177 cm³/mol. The highest BCUT2D eigenvalue weighted by Gasteiger charge is 2.23. The molecule has 7 nitrogen and oxygen atoms in total. The molecule has 1 heterocycles. The lowest BCUT2D eigenvalue weighted by Gasteiger charge is -2.16. The van der Waals surface area contributed by atoms with Crippen molar-refractivity contribution >= 4 is 73.6 Å². The van der Waals surface area contributed by atoms with E-state index in [4.69, 9.17) is 0 Å². The van der Waals surface area contributed by atoms with Crippen molar-refractivity contribution in [3.05, 3.63) is 147 Å². The molecule has 0 unspecified atom stereocenters. The van der Waals surface area contributed by atoms with E-state index >= 15 is 0 Å². The summed E-state index contributed by atoms with van der Waals surface area (Å²) in [6.07, 6.45) is 3.14. The number of carbonyl (C=O) groups excluding carboxylic acids is 3. The molecule has 220 valence electrons. The minimum absolute atomic E-state index is 0.0676. The van der Waals surface area contributed by atoms with Gasteiger partial charge in [-0.25, -0.2) is 9.37 Å². The fraction of sp³-hybridized carbons (Fsp3) is 0.0303. The van der Waals surface area contributed by atoms with Crippen LogP contribution in [-0.2, 0) is 9.59 Å². The van der Waals surface area contributed by atoms with Gasteiger partial charge >= 0.3 is 0 Å². The van der Waals surface area contributed by atoms with Crippen molar-refractivity contribution in [2.45, 2.75) is 10.1 Å². The predicted octanol–water partition coefficient (Wildman–Crippen LogP) is 7.93. The van der Waals surface area contributed by atoms with Gasteiger partial charge in [0.1, 0.15) is 16.8 Å². The number of aromatic nitrogens is 1. The standard InChI is InChI=1S/C33H24BrFN4O3S2/c34-23-12-10-21(11-13-23)20-28(38-30(40)26-8-4-5-9-27(26)35)31(41)37-24-14-16-25(17-15-24)44-29(22-6-2-1-3-7-22)32(42)39-33-36-18-19-43-33/h1-20,29H,(H,37,41)(H,38,40)(H,36,39,42)/b28-20+/t29-/m0/s1. The van der Waals surface area contributed by atoms with Gasteiger partial charge < -0.3 is 16.0 Å². The van der Waals surface area contributed by atoms with E-state index in [0.29, 0.717) is 16.4 Å². The largest absolute Gasteiger partial charge is 0.321 e. The quantitative estimate of drug-likeness (QED) is 0.102. The first-order valence-corrected chi connectivity index (χ1v) is 15.8. The zero-order valence-corrected chi connectivity index (χ0v) is 26.1. The van der Waals surface area contributed by atoms with Crippen molar-refractivity contribution in [3.63, 3.8) is 0 Å². The van der Waals surface area contributed by atoms with Crippen LogP contribution in [-0.4, -0.2) is 22.7 Å². The van der Waals surface area contributed by atoms with Crippen LogP contribution in [0.3, 0.4) is 0 Å². The molecule has 0 fully saturated rings. The van der Waals surface area contributed by atoms with Gasteiger partial charge in [0.05, 0.1) is 5.56 Å². The van der Waals surface area contributed by atoms with Crippen molar-refractivity contribution in [2.24, 2.45) is 0 Å². The van der Waals surface area contributed by atoms with E-state index in [0.717, 1.165) is 14.9 Å². The number of nitrogens with zero attached hydrogens (tertiary/aromatic N) is 1. The fourth-order valence-electron chi connectivity index (χ4n) is 4.03. The molecule has 0 bridgehead atoms. The number of halogens is 2. The number of carbonyl (C=O) groups is 3. The van der Waals surface area contributed by atoms with Gasteiger partial charge in [0.15, 0.2) is 5.13 Å². The summed E-state index contributed by atoms with van der Waals surface area (Å²) in [6.45, 7) is 0. The number of thioether (sulfide) groups is 1. The molecule has 0 aliphatic heterocycles. The van der Waals surface area contributed by atoms with Gasteiger partial charge in [0, 0.05) is 26.6 Å². The third-order valence-electron chi connectivity index (χ3n) is 6.16. The van der Waals surface area contributed by atoms with E-state index in [1.165, 1.54) is 47.4 Å². The minimum atomic E-state index is -0.753. The van der Waals surface area contributed by atoms with E-state index in [9.17, 15) is 18.8 Å². The summed E-state index contributed by atoms with van der Waals surface area (Å²) >= 11 is 6.08. The molecule has 5 rings (SSSR count). The molecule has 3 N–H and O–H groups in total. The molecule has 3 amide bonds.